The summed E-state index contributed by atoms with van der Waals surface area (Å²) in [4.78, 5) is 20.5. The van der Waals surface area contributed by atoms with Gasteiger partial charge in [-0.1, -0.05) is 30.3 Å². The lowest BCUT2D eigenvalue weighted by Crippen LogP contribution is -2.34. The maximum atomic E-state index is 11.8. The molecule has 0 fully saturated rings. The maximum Gasteiger partial charge on any atom is 0.253 e. The predicted molar refractivity (Wildman–Crippen MR) is 140 cm³/mol. The number of carbonyl (C=O) groups is 1. The molecule has 2 aromatic heterocycles. The van der Waals surface area contributed by atoms with E-state index in [4.69, 9.17) is 0 Å². The van der Waals surface area contributed by atoms with E-state index in [2.05, 4.69) is 43.4 Å². The minimum Gasteiger partial charge on any atom is -0.340 e. The monoisotopic (exact) mass is 501 g/mol. The number of amides is 1. The Morgan fingerprint density at radius 1 is 0.972 bits per heavy atom. The molecule has 0 saturated carbocycles. The van der Waals surface area contributed by atoms with E-state index in [-0.39, 0.29) is 0 Å². The normalized spacial score (nSPS) is 11.5. The zero-order valence-electron chi connectivity index (χ0n) is 19.3. The molecule has 2 heterocycles. The second-order valence-electron chi connectivity index (χ2n) is 8.38. The van der Waals surface area contributed by atoms with Crippen LogP contribution >= 0.6 is 0 Å². The van der Waals surface area contributed by atoms with Crippen molar-refractivity contribution in [2.24, 2.45) is 0 Å². The number of fused-ring (bicyclic) bond motifs is 2. The van der Waals surface area contributed by atoms with E-state index in [1.165, 1.54) is 11.9 Å². The molecule has 36 heavy (non-hydrogen) atoms. The van der Waals surface area contributed by atoms with Crippen LogP contribution in [0.5, 0.6) is 0 Å². The van der Waals surface area contributed by atoms with Gasteiger partial charge in [-0.05, 0) is 42.0 Å². The van der Waals surface area contributed by atoms with Crippen molar-refractivity contribution >= 4 is 54.7 Å². The molecule has 0 bridgehead atoms. The van der Waals surface area contributed by atoms with E-state index in [1.54, 1.807) is 18.2 Å². The first-order valence-electron chi connectivity index (χ1n) is 11.1. The van der Waals surface area contributed by atoms with Crippen molar-refractivity contribution in [3.05, 3.63) is 84.8 Å². The zero-order chi connectivity index (χ0) is 25.1. The van der Waals surface area contributed by atoms with Crippen LogP contribution in [0.3, 0.4) is 0 Å². The molecule has 0 aliphatic rings. The lowest BCUT2D eigenvalue weighted by molar-refractivity contribution is -0.118. The van der Waals surface area contributed by atoms with Gasteiger partial charge in [-0.25, -0.2) is 18.4 Å². The van der Waals surface area contributed by atoms with Crippen LogP contribution < -0.4 is 16.2 Å². The third kappa shape index (κ3) is 5.41. The third-order valence-corrected chi connectivity index (χ3v) is 6.24. The molecule has 0 radical (unpaired) electrons. The average Bonchev–Trinajstić information content (AvgIpc) is 3.24. The van der Waals surface area contributed by atoms with Crippen molar-refractivity contribution < 1.29 is 13.2 Å². The molecule has 5 aromatic rings. The second-order valence-corrected chi connectivity index (χ2v) is 10.5. The van der Waals surface area contributed by atoms with Crippen LogP contribution in [0.4, 0.5) is 17.2 Å². The number of benzene rings is 3. The quantitative estimate of drug-likeness (QED) is 0.276. The summed E-state index contributed by atoms with van der Waals surface area (Å²) in [5, 5.41) is 9.59. The van der Waals surface area contributed by atoms with E-state index in [1.807, 2.05) is 47.3 Å². The summed E-state index contributed by atoms with van der Waals surface area (Å²) >= 11 is 0. The Morgan fingerprint density at radius 2 is 1.78 bits per heavy atom. The summed E-state index contributed by atoms with van der Waals surface area (Å²) < 4.78 is 24.5. The molecule has 182 valence electrons. The smallest absolute Gasteiger partial charge is 0.253 e. The molecule has 0 aliphatic heterocycles. The van der Waals surface area contributed by atoms with Crippen LogP contribution in [0.2, 0.25) is 0 Å². The molecule has 0 atom stereocenters. The molecule has 10 nitrogen and oxygen atoms in total. The molecule has 1 amide bonds. The Hall–Kier alpha value is -4.51. The lowest BCUT2D eigenvalue weighted by Gasteiger charge is -2.12. The fraction of sp³-hybridized carbons (Fsp3) is 0.120. The van der Waals surface area contributed by atoms with Crippen molar-refractivity contribution in [2.45, 2.75) is 6.54 Å². The van der Waals surface area contributed by atoms with Crippen LogP contribution in [-0.2, 0) is 21.2 Å². The molecular weight excluding hydrogens is 478 g/mol. The standard InChI is InChI=1S/C25H23N7O3S/c1-36(34,35)15-24(33)31-30-20-7-9-22-21(12-20)25(27-16-26-22)29-19-8-10-23-18(11-19)13-28-32(23)14-17-5-3-2-4-6-17/h2-13,16,30H,14-15H2,1H3,(H,31,33)(H,26,27,29). The van der Waals surface area contributed by atoms with Crippen molar-refractivity contribution in [1.82, 2.24) is 25.2 Å². The predicted octanol–water partition coefficient (Wildman–Crippen LogP) is 3.26. The van der Waals surface area contributed by atoms with E-state index in [0.29, 0.717) is 23.6 Å². The van der Waals surface area contributed by atoms with Crippen molar-refractivity contribution in [3.8, 4) is 0 Å². The Morgan fingerprint density at radius 3 is 2.58 bits per heavy atom. The summed E-state index contributed by atoms with van der Waals surface area (Å²) in [5.74, 6) is -0.669. The van der Waals surface area contributed by atoms with Crippen LogP contribution in [0.1, 0.15) is 5.56 Å². The number of nitrogens with zero attached hydrogens (tertiary/aromatic N) is 4. The summed E-state index contributed by atoms with van der Waals surface area (Å²) in [5.41, 5.74) is 9.42. The fourth-order valence-corrected chi connectivity index (χ4v) is 4.38. The lowest BCUT2D eigenvalue weighted by atomic mass is 10.2. The molecule has 0 spiro atoms. The molecule has 5 rings (SSSR count). The topological polar surface area (TPSA) is 131 Å². The number of hydrogen-bond donors (Lipinski definition) is 3. The summed E-state index contributed by atoms with van der Waals surface area (Å²) in [6, 6.07) is 21.4. The van der Waals surface area contributed by atoms with Gasteiger partial charge in [0.2, 0.25) is 0 Å². The minimum atomic E-state index is -3.42. The Bertz CT molecular complexity index is 1670. The Balaban J connectivity index is 1.36. The van der Waals surface area contributed by atoms with Crippen LogP contribution in [-0.4, -0.2) is 46.1 Å². The first-order chi connectivity index (χ1) is 17.3. The number of nitrogens with one attached hydrogen (secondary N) is 3. The van der Waals surface area contributed by atoms with Gasteiger partial charge >= 0.3 is 0 Å². The second kappa shape index (κ2) is 9.62. The summed E-state index contributed by atoms with van der Waals surface area (Å²) in [7, 11) is -3.42. The average molecular weight is 502 g/mol. The number of rotatable bonds is 8. The van der Waals surface area contributed by atoms with E-state index < -0.39 is 21.5 Å². The fourth-order valence-electron chi connectivity index (χ4n) is 3.83. The summed E-state index contributed by atoms with van der Waals surface area (Å²) in [6.07, 6.45) is 4.31. The number of aromatic nitrogens is 4. The van der Waals surface area contributed by atoms with Gasteiger partial charge in [-0.2, -0.15) is 5.10 Å². The third-order valence-electron chi connectivity index (χ3n) is 5.45. The molecular formula is C25H23N7O3S. The molecule has 3 aromatic carbocycles. The van der Waals surface area contributed by atoms with Crippen LogP contribution in [0, 0.1) is 0 Å². The van der Waals surface area contributed by atoms with E-state index in [0.717, 1.165) is 28.2 Å². The highest BCUT2D eigenvalue weighted by Crippen LogP contribution is 2.27. The number of hydrazine groups is 1. The van der Waals surface area contributed by atoms with Gasteiger partial charge in [0.25, 0.3) is 5.91 Å². The van der Waals surface area contributed by atoms with Crippen LogP contribution in [0.15, 0.2) is 79.3 Å². The van der Waals surface area contributed by atoms with Gasteiger partial charge in [0.15, 0.2) is 9.84 Å². The first kappa shape index (κ1) is 23.2. The highest BCUT2D eigenvalue weighted by molar-refractivity contribution is 7.91. The largest absolute Gasteiger partial charge is 0.340 e. The number of sulfone groups is 1. The highest BCUT2D eigenvalue weighted by atomic mass is 32.2. The van der Waals surface area contributed by atoms with Gasteiger partial charge in [-0.3, -0.25) is 20.3 Å². The van der Waals surface area contributed by atoms with Gasteiger partial charge < -0.3 is 5.32 Å². The number of anilines is 3. The molecule has 0 unspecified atom stereocenters. The number of carbonyl (C=O) groups excluding carboxylic acids is 1. The van der Waals surface area contributed by atoms with Gasteiger partial charge in [0, 0.05) is 22.7 Å². The molecule has 3 N–H and O–H groups in total. The van der Waals surface area contributed by atoms with Gasteiger partial charge in [-0.15, -0.1) is 0 Å². The number of hydrogen-bond acceptors (Lipinski definition) is 8. The highest BCUT2D eigenvalue weighted by Gasteiger charge is 2.11. The van der Waals surface area contributed by atoms with Crippen molar-refractivity contribution in [1.29, 1.82) is 0 Å². The van der Waals surface area contributed by atoms with Crippen LogP contribution in [0.25, 0.3) is 21.8 Å². The molecule has 0 aliphatic carbocycles. The van der Waals surface area contributed by atoms with E-state index >= 15 is 0 Å². The maximum absolute atomic E-state index is 11.8. The summed E-state index contributed by atoms with van der Waals surface area (Å²) in [6.45, 7) is 0.685. The zero-order valence-corrected chi connectivity index (χ0v) is 20.2. The van der Waals surface area contributed by atoms with Crippen molar-refractivity contribution in [3.63, 3.8) is 0 Å². The SMILES string of the molecule is CS(=O)(=O)CC(=O)NNc1ccc2ncnc(Nc3ccc4c(cnn4Cc4ccccc4)c3)c2c1. The van der Waals surface area contributed by atoms with Gasteiger partial charge in [0.05, 0.1) is 29.5 Å². The van der Waals surface area contributed by atoms with Crippen molar-refractivity contribution in [2.75, 3.05) is 22.8 Å². The minimum absolute atomic E-state index is 0.555. The first-order valence-corrected chi connectivity index (χ1v) is 13.1. The Labute approximate surface area is 207 Å². The Kier molecular flexibility index (Phi) is 6.21. The molecule has 0 saturated heterocycles. The van der Waals surface area contributed by atoms with Gasteiger partial charge in [0.1, 0.15) is 17.9 Å². The molecule has 11 heteroatoms. The van der Waals surface area contributed by atoms with E-state index in [9.17, 15) is 13.2 Å².